The predicted molar refractivity (Wildman–Crippen MR) is 61.2 cm³/mol. The Kier molecular flexibility index (Phi) is 6.03. The predicted octanol–water partition coefficient (Wildman–Crippen LogP) is 1.31. The van der Waals surface area contributed by atoms with Crippen molar-refractivity contribution in [1.82, 2.24) is 5.32 Å². The number of amides is 1. The SMILES string of the molecule is C#CCCC(=O)NC(CCO)C(C)(C)C. The number of carbonyl (C=O) groups excluding carboxylic acids is 1. The first-order valence-electron chi connectivity index (χ1n) is 5.25. The Balaban J connectivity index is 4.18. The fourth-order valence-corrected chi connectivity index (χ4v) is 1.30. The molecule has 0 saturated carbocycles. The van der Waals surface area contributed by atoms with Crippen LogP contribution in [0.5, 0.6) is 0 Å². The number of hydrogen-bond acceptors (Lipinski definition) is 2. The van der Waals surface area contributed by atoms with Crippen LogP contribution in [0.1, 0.15) is 40.0 Å². The Bertz CT molecular complexity index is 235. The largest absolute Gasteiger partial charge is 0.396 e. The van der Waals surface area contributed by atoms with Gasteiger partial charge in [-0.05, 0) is 11.8 Å². The number of rotatable bonds is 5. The van der Waals surface area contributed by atoms with Gasteiger partial charge in [0.1, 0.15) is 0 Å². The van der Waals surface area contributed by atoms with Crippen LogP contribution >= 0.6 is 0 Å². The third-order valence-corrected chi connectivity index (χ3v) is 2.29. The topological polar surface area (TPSA) is 49.3 Å². The third-order valence-electron chi connectivity index (χ3n) is 2.29. The summed E-state index contributed by atoms with van der Waals surface area (Å²) in [7, 11) is 0. The van der Waals surface area contributed by atoms with Gasteiger partial charge in [-0.3, -0.25) is 4.79 Å². The Morgan fingerprint density at radius 3 is 2.53 bits per heavy atom. The molecule has 0 spiro atoms. The van der Waals surface area contributed by atoms with E-state index in [2.05, 4.69) is 11.2 Å². The van der Waals surface area contributed by atoms with Crippen molar-refractivity contribution in [3.8, 4) is 12.3 Å². The molecular formula is C12H21NO2. The standard InChI is InChI=1S/C12H21NO2/c1-5-6-7-11(15)13-10(8-9-14)12(2,3)4/h1,10,14H,6-9H2,2-4H3,(H,13,15). The van der Waals surface area contributed by atoms with Gasteiger partial charge in [0.05, 0.1) is 0 Å². The maximum Gasteiger partial charge on any atom is 0.221 e. The van der Waals surface area contributed by atoms with E-state index in [4.69, 9.17) is 11.5 Å². The molecule has 0 bridgehead atoms. The number of carbonyl (C=O) groups is 1. The van der Waals surface area contributed by atoms with Crippen LogP contribution in [-0.2, 0) is 4.79 Å². The quantitative estimate of drug-likeness (QED) is 0.674. The molecule has 0 radical (unpaired) electrons. The molecule has 0 aromatic rings. The molecule has 3 heteroatoms. The van der Waals surface area contributed by atoms with E-state index in [1.54, 1.807) is 0 Å². The first-order chi connectivity index (χ1) is 6.91. The highest BCUT2D eigenvalue weighted by atomic mass is 16.3. The van der Waals surface area contributed by atoms with Crippen LogP contribution in [0.15, 0.2) is 0 Å². The molecule has 0 aliphatic rings. The molecule has 0 saturated heterocycles. The third kappa shape index (κ3) is 6.14. The number of terminal acetylenes is 1. The smallest absolute Gasteiger partial charge is 0.221 e. The van der Waals surface area contributed by atoms with Crippen molar-refractivity contribution in [2.75, 3.05) is 6.61 Å². The Morgan fingerprint density at radius 1 is 1.53 bits per heavy atom. The molecule has 0 heterocycles. The molecule has 0 aromatic carbocycles. The number of aliphatic hydroxyl groups excluding tert-OH is 1. The summed E-state index contributed by atoms with van der Waals surface area (Å²) >= 11 is 0. The normalized spacial score (nSPS) is 13.0. The molecule has 15 heavy (non-hydrogen) atoms. The van der Waals surface area contributed by atoms with Crippen molar-refractivity contribution in [1.29, 1.82) is 0 Å². The molecule has 0 fully saturated rings. The van der Waals surface area contributed by atoms with Gasteiger partial charge in [0.15, 0.2) is 0 Å². The summed E-state index contributed by atoms with van der Waals surface area (Å²) in [5.41, 5.74) is -0.0471. The van der Waals surface area contributed by atoms with E-state index in [9.17, 15) is 4.79 Å². The molecular weight excluding hydrogens is 190 g/mol. The van der Waals surface area contributed by atoms with Crippen LogP contribution in [0.25, 0.3) is 0 Å². The maximum atomic E-state index is 11.4. The number of hydrogen-bond donors (Lipinski definition) is 2. The van der Waals surface area contributed by atoms with Gasteiger partial charge in [0, 0.05) is 25.5 Å². The Labute approximate surface area is 92.3 Å². The minimum Gasteiger partial charge on any atom is -0.396 e. The van der Waals surface area contributed by atoms with Gasteiger partial charge in [-0.25, -0.2) is 0 Å². The summed E-state index contributed by atoms with van der Waals surface area (Å²) in [4.78, 5) is 11.4. The van der Waals surface area contributed by atoms with Crippen molar-refractivity contribution in [2.24, 2.45) is 5.41 Å². The summed E-state index contributed by atoms with van der Waals surface area (Å²) in [6.45, 7) is 6.19. The second kappa shape index (κ2) is 6.47. The van der Waals surface area contributed by atoms with E-state index >= 15 is 0 Å². The van der Waals surface area contributed by atoms with Crippen molar-refractivity contribution >= 4 is 5.91 Å². The number of nitrogens with one attached hydrogen (secondary N) is 1. The van der Waals surface area contributed by atoms with Gasteiger partial charge >= 0.3 is 0 Å². The van der Waals surface area contributed by atoms with Crippen LogP contribution in [-0.4, -0.2) is 23.7 Å². The average Bonchev–Trinajstić information content (AvgIpc) is 2.12. The average molecular weight is 211 g/mol. The summed E-state index contributed by atoms with van der Waals surface area (Å²) in [6.07, 6.45) is 6.47. The van der Waals surface area contributed by atoms with E-state index in [0.717, 1.165) is 0 Å². The molecule has 0 aromatic heterocycles. The monoisotopic (exact) mass is 211 g/mol. The van der Waals surface area contributed by atoms with E-state index in [1.165, 1.54) is 0 Å². The molecule has 86 valence electrons. The van der Waals surface area contributed by atoms with Gasteiger partial charge in [-0.1, -0.05) is 20.8 Å². The molecule has 0 aliphatic carbocycles. The minimum absolute atomic E-state index is 0.00669. The molecule has 1 unspecified atom stereocenters. The van der Waals surface area contributed by atoms with Gasteiger partial charge in [-0.15, -0.1) is 12.3 Å². The molecule has 2 N–H and O–H groups in total. The fraction of sp³-hybridized carbons (Fsp3) is 0.750. The number of aliphatic hydroxyl groups is 1. The van der Waals surface area contributed by atoms with E-state index in [1.807, 2.05) is 20.8 Å². The van der Waals surface area contributed by atoms with E-state index in [-0.39, 0.29) is 24.0 Å². The summed E-state index contributed by atoms with van der Waals surface area (Å²) in [5.74, 6) is 2.39. The van der Waals surface area contributed by atoms with E-state index in [0.29, 0.717) is 19.3 Å². The van der Waals surface area contributed by atoms with Crippen LogP contribution in [0.2, 0.25) is 0 Å². The fourth-order valence-electron chi connectivity index (χ4n) is 1.30. The summed E-state index contributed by atoms with van der Waals surface area (Å²) < 4.78 is 0. The van der Waals surface area contributed by atoms with Gasteiger partial charge in [0.25, 0.3) is 0 Å². The van der Waals surface area contributed by atoms with E-state index < -0.39 is 0 Å². The molecule has 0 aliphatic heterocycles. The molecule has 1 amide bonds. The molecule has 3 nitrogen and oxygen atoms in total. The highest BCUT2D eigenvalue weighted by Gasteiger charge is 2.25. The second-order valence-electron chi connectivity index (χ2n) is 4.70. The summed E-state index contributed by atoms with van der Waals surface area (Å²) in [6, 6.07) is -0.00669. The second-order valence-corrected chi connectivity index (χ2v) is 4.70. The van der Waals surface area contributed by atoms with Crippen molar-refractivity contribution in [2.45, 2.75) is 46.1 Å². The zero-order chi connectivity index (χ0) is 11.9. The first-order valence-corrected chi connectivity index (χ1v) is 5.25. The van der Waals surface area contributed by atoms with Crippen LogP contribution in [0, 0.1) is 17.8 Å². The van der Waals surface area contributed by atoms with Gasteiger partial charge in [0.2, 0.25) is 5.91 Å². The molecule has 1 atom stereocenters. The Morgan fingerprint density at radius 2 is 2.13 bits per heavy atom. The molecule has 0 rings (SSSR count). The lowest BCUT2D eigenvalue weighted by atomic mass is 9.85. The van der Waals surface area contributed by atoms with Gasteiger partial charge in [-0.2, -0.15) is 0 Å². The van der Waals surface area contributed by atoms with Gasteiger partial charge < -0.3 is 10.4 Å². The Hall–Kier alpha value is -1.01. The van der Waals surface area contributed by atoms with Crippen molar-refractivity contribution < 1.29 is 9.90 Å². The lowest BCUT2D eigenvalue weighted by Crippen LogP contribution is -2.44. The minimum atomic E-state index is -0.0471. The van der Waals surface area contributed by atoms with Crippen molar-refractivity contribution in [3.05, 3.63) is 0 Å². The van der Waals surface area contributed by atoms with Crippen molar-refractivity contribution in [3.63, 3.8) is 0 Å². The zero-order valence-corrected chi connectivity index (χ0v) is 9.84. The lowest BCUT2D eigenvalue weighted by Gasteiger charge is -2.31. The lowest BCUT2D eigenvalue weighted by molar-refractivity contribution is -0.122. The van der Waals surface area contributed by atoms with Crippen LogP contribution < -0.4 is 5.32 Å². The highest BCUT2D eigenvalue weighted by molar-refractivity contribution is 5.76. The maximum absolute atomic E-state index is 11.4. The first kappa shape index (κ1) is 14.0. The summed E-state index contributed by atoms with van der Waals surface area (Å²) in [5, 5.41) is 11.8. The highest BCUT2D eigenvalue weighted by Crippen LogP contribution is 2.21. The van der Waals surface area contributed by atoms with Crippen LogP contribution in [0.3, 0.4) is 0 Å². The zero-order valence-electron chi connectivity index (χ0n) is 9.84. The van der Waals surface area contributed by atoms with Crippen LogP contribution in [0.4, 0.5) is 0 Å².